The van der Waals surface area contributed by atoms with E-state index >= 15 is 0 Å². The lowest BCUT2D eigenvalue weighted by Crippen LogP contribution is -2.11. The maximum Gasteiger partial charge on any atom is 0.224 e. The smallest absolute Gasteiger partial charge is 0.224 e. The van der Waals surface area contributed by atoms with Gasteiger partial charge >= 0.3 is 0 Å². The Balaban J connectivity index is 2.00. The Morgan fingerprint density at radius 3 is 1.72 bits per heavy atom. The van der Waals surface area contributed by atoms with Gasteiger partial charge in [-0.15, -0.1) is 0 Å². The van der Waals surface area contributed by atoms with Crippen molar-refractivity contribution < 1.29 is 9.53 Å². The summed E-state index contributed by atoms with van der Waals surface area (Å²) in [5.74, 6) is 0.999. The number of rotatable bonds is 19. The average Bonchev–Trinajstić information content (AvgIpc) is 2.73. The van der Waals surface area contributed by atoms with Gasteiger partial charge in [0.25, 0.3) is 0 Å². The SMILES string of the molecule is CCCCCCCCCCCCCC(=O)Nc1ccc(OCCCCCC)cc1. The normalized spacial score (nSPS) is 10.8. The van der Waals surface area contributed by atoms with E-state index in [1.165, 1.54) is 77.0 Å². The third-order valence-electron chi connectivity index (χ3n) is 5.41. The summed E-state index contributed by atoms with van der Waals surface area (Å²) in [6, 6.07) is 7.74. The standard InChI is InChI=1S/C26H45NO2/c1-3-5-7-9-10-11-12-13-14-15-16-18-26(28)27-24-19-21-25(22-20-24)29-23-17-8-6-4-2/h19-22H,3-18,23H2,1-2H3,(H,27,28). The van der Waals surface area contributed by atoms with Gasteiger partial charge in [-0.05, 0) is 37.1 Å². The van der Waals surface area contributed by atoms with E-state index in [-0.39, 0.29) is 5.91 Å². The third-order valence-corrected chi connectivity index (χ3v) is 5.41. The lowest BCUT2D eigenvalue weighted by molar-refractivity contribution is -0.116. The molecule has 0 bridgehead atoms. The van der Waals surface area contributed by atoms with E-state index < -0.39 is 0 Å². The van der Waals surface area contributed by atoms with Crippen molar-refractivity contribution in [2.24, 2.45) is 0 Å². The molecule has 0 radical (unpaired) electrons. The van der Waals surface area contributed by atoms with Crippen molar-refractivity contribution >= 4 is 11.6 Å². The summed E-state index contributed by atoms with van der Waals surface area (Å²) in [4.78, 5) is 12.1. The van der Waals surface area contributed by atoms with Gasteiger partial charge in [0.1, 0.15) is 5.75 Å². The monoisotopic (exact) mass is 403 g/mol. The zero-order chi connectivity index (χ0) is 21.0. The molecule has 0 aliphatic rings. The number of unbranched alkanes of at least 4 members (excludes halogenated alkanes) is 13. The first-order chi connectivity index (χ1) is 14.3. The first-order valence-corrected chi connectivity index (χ1v) is 12.3. The van der Waals surface area contributed by atoms with Crippen LogP contribution < -0.4 is 10.1 Å². The van der Waals surface area contributed by atoms with Crippen LogP contribution in [0.2, 0.25) is 0 Å². The van der Waals surface area contributed by atoms with Crippen LogP contribution in [0.5, 0.6) is 5.75 Å². The zero-order valence-corrected chi connectivity index (χ0v) is 19.1. The molecule has 0 aliphatic carbocycles. The van der Waals surface area contributed by atoms with Gasteiger partial charge in [0, 0.05) is 12.1 Å². The fourth-order valence-electron chi connectivity index (χ4n) is 3.53. The van der Waals surface area contributed by atoms with Crippen LogP contribution >= 0.6 is 0 Å². The molecule has 166 valence electrons. The van der Waals surface area contributed by atoms with Crippen molar-refractivity contribution in [2.75, 3.05) is 11.9 Å². The molecular formula is C26H45NO2. The van der Waals surface area contributed by atoms with Crippen LogP contribution in [0.4, 0.5) is 5.69 Å². The van der Waals surface area contributed by atoms with Gasteiger partial charge in [0.2, 0.25) is 5.91 Å². The number of hydrogen-bond donors (Lipinski definition) is 1. The molecule has 3 nitrogen and oxygen atoms in total. The number of ether oxygens (including phenoxy) is 1. The molecule has 0 spiro atoms. The molecular weight excluding hydrogens is 358 g/mol. The third kappa shape index (κ3) is 15.1. The van der Waals surface area contributed by atoms with E-state index in [1.54, 1.807) is 0 Å². The van der Waals surface area contributed by atoms with Crippen LogP contribution in [0.25, 0.3) is 0 Å². The summed E-state index contributed by atoms with van der Waals surface area (Å²) in [6.45, 7) is 5.25. The van der Waals surface area contributed by atoms with Gasteiger partial charge < -0.3 is 10.1 Å². The second-order valence-electron chi connectivity index (χ2n) is 8.27. The van der Waals surface area contributed by atoms with Crippen molar-refractivity contribution in [3.63, 3.8) is 0 Å². The maximum atomic E-state index is 12.1. The molecule has 0 aromatic heterocycles. The highest BCUT2D eigenvalue weighted by atomic mass is 16.5. The topological polar surface area (TPSA) is 38.3 Å². The van der Waals surface area contributed by atoms with Crippen LogP contribution in [0.3, 0.4) is 0 Å². The summed E-state index contributed by atoms with van der Waals surface area (Å²) in [5, 5.41) is 2.99. The summed E-state index contributed by atoms with van der Waals surface area (Å²) >= 11 is 0. The van der Waals surface area contributed by atoms with E-state index in [0.29, 0.717) is 6.42 Å². The van der Waals surface area contributed by atoms with Gasteiger partial charge in [-0.1, -0.05) is 97.3 Å². The molecule has 1 N–H and O–H groups in total. The van der Waals surface area contributed by atoms with Gasteiger partial charge in [0.05, 0.1) is 6.61 Å². The lowest BCUT2D eigenvalue weighted by Gasteiger charge is -2.08. The molecule has 29 heavy (non-hydrogen) atoms. The Morgan fingerprint density at radius 2 is 1.17 bits per heavy atom. The Morgan fingerprint density at radius 1 is 0.690 bits per heavy atom. The van der Waals surface area contributed by atoms with Crippen LogP contribution in [0.15, 0.2) is 24.3 Å². The fraction of sp³-hybridized carbons (Fsp3) is 0.731. The van der Waals surface area contributed by atoms with Crippen LogP contribution in [0, 0.1) is 0 Å². The summed E-state index contributed by atoms with van der Waals surface area (Å²) in [6.07, 6.45) is 19.8. The van der Waals surface area contributed by atoms with Crippen LogP contribution in [-0.2, 0) is 4.79 Å². The number of carbonyl (C=O) groups is 1. The van der Waals surface area contributed by atoms with Crippen molar-refractivity contribution in [1.82, 2.24) is 0 Å². The minimum absolute atomic E-state index is 0.120. The Labute approximate surface area is 180 Å². The molecule has 0 aliphatic heterocycles. The quantitative estimate of drug-likeness (QED) is 0.236. The largest absolute Gasteiger partial charge is 0.494 e. The molecule has 1 aromatic carbocycles. The first kappa shape index (κ1) is 25.5. The molecule has 0 fully saturated rings. The number of carbonyl (C=O) groups excluding carboxylic acids is 1. The van der Waals surface area contributed by atoms with E-state index in [9.17, 15) is 4.79 Å². The first-order valence-electron chi connectivity index (χ1n) is 12.3. The molecule has 1 rings (SSSR count). The predicted octanol–water partition coefficient (Wildman–Crippen LogP) is 8.29. The lowest BCUT2D eigenvalue weighted by atomic mass is 10.1. The average molecular weight is 404 g/mol. The molecule has 1 aromatic rings. The molecule has 0 unspecified atom stereocenters. The Hall–Kier alpha value is -1.51. The number of amides is 1. The second-order valence-corrected chi connectivity index (χ2v) is 8.27. The second kappa shape index (κ2) is 18.5. The van der Waals surface area contributed by atoms with Gasteiger partial charge in [0.15, 0.2) is 0 Å². The summed E-state index contributed by atoms with van der Waals surface area (Å²) in [5.41, 5.74) is 0.858. The molecule has 3 heteroatoms. The van der Waals surface area contributed by atoms with Crippen molar-refractivity contribution in [2.45, 2.75) is 117 Å². The number of hydrogen-bond acceptors (Lipinski definition) is 2. The zero-order valence-electron chi connectivity index (χ0n) is 19.1. The van der Waals surface area contributed by atoms with Gasteiger partial charge in [-0.3, -0.25) is 4.79 Å². The molecule has 0 heterocycles. The molecule has 0 saturated heterocycles. The van der Waals surface area contributed by atoms with Crippen LogP contribution in [-0.4, -0.2) is 12.5 Å². The maximum absolute atomic E-state index is 12.1. The van der Waals surface area contributed by atoms with E-state index in [4.69, 9.17) is 4.74 Å². The predicted molar refractivity (Wildman–Crippen MR) is 126 cm³/mol. The minimum atomic E-state index is 0.120. The number of anilines is 1. The van der Waals surface area contributed by atoms with Crippen molar-refractivity contribution in [3.05, 3.63) is 24.3 Å². The highest BCUT2D eigenvalue weighted by molar-refractivity contribution is 5.90. The van der Waals surface area contributed by atoms with Crippen molar-refractivity contribution in [3.8, 4) is 5.75 Å². The van der Waals surface area contributed by atoms with Crippen LogP contribution in [0.1, 0.15) is 117 Å². The Bertz CT molecular complexity index is 498. The van der Waals surface area contributed by atoms with E-state index in [2.05, 4.69) is 19.2 Å². The molecule has 1 amide bonds. The number of benzene rings is 1. The highest BCUT2D eigenvalue weighted by Gasteiger charge is 2.03. The summed E-state index contributed by atoms with van der Waals surface area (Å²) < 4.78 is 5.74. The number of nitrogens with one attached hydrogen (secondary N) is 1. The molecule has 0 atom stereocenters. The van der Waals surface area contributed by atoms with E-state index in [0.717, 1.165) is 37.3 Å². The minimum Gasteiger partial charge on any atom is -0.494 e. The fourth-order valence-corrected chi connectivity index (χ4v) is 3.53. The van der Waals surface area contributed by atoms with Crippen molar-refractivity contribution in [1.29, 1.82) is 0 Å². The van der Waals surface area contributed by atoms with Gasteiger partial charge in [-0.25, -0.2) is 0 Å². The van der Waals surface area contributed by atoms with E-state index in [1.807, 2.05) is 24.3 Å². The summed E-state index contributed by atoms with van der Waals surface area (Å²) in [7, 11) is 0. The van der Waals surface area contributed by atoms with Gasteiger partial charge in [-0.2, -0.15) is 0 Å². The highest BCUT2D eigenvalue weighted by Crippen LogP contribution is 2.17. The molecule has 0 saturated carbocycles. The Kier molecular flexibility index (Phi) is 16.3.